The Labute approximate surface area is 186 Å². The summed E-state index contributed by atoms with van der Waals surface area (Å²) in [6.45, 7) is 1.29. The summed E-state index contributed by atoms with van der Waals surface area (Å²) in [5.74, 6) is 1.36. The molecule has 0 saturated heterocycles. The molecule has 1 heterocycles. The van der Waals surface area contributed by atoms with Crippen LogP contribution in [0, 0.1) is 5.92 Å². The molecule has 0 amide bonds. The van der Waals surface area contributed by atoms with Crippen LogP contribution in [0.3, 0.4) is 0 Å². The normalized spacial score (nSPS) is 17.3. The van der Waals surface area contributed by atoms with Crippen LogP contribution in [0.5, 0.6) is 0 Å². The molecule has 0 spiro atoms. The topological polar surface area (TPSA) is 52.6 Å². The number of nitrogens with zero attached hydrogens (tertiary/aromatic N) is 3. The highest BCUT2D eigenvalue weighted by Crippen LogP contribution is 2.30. The summed E-state index contributed by atoms with van der Waals surface area (Å²) >= 11 is 1.04. The molecule has 1 saturated carbocycles. The zero-order chi connectivity index (χ0) is 19.9. The first-order valence-electron chi connectivity index (χ1n) is 9.43. The Morgan fingerprint density at radius 1 is 1.29 bits per heavy atom. The van der Waals surface area contributed by atoms with E-state index in [1.54, 1.807) is 7.05 Å². The van der Waals surface area contributed by atoms with Gasteiger partial charge in [-0.15, -0.1) is 35.3 Å². The number of likely N-dealkylation sites (N-methyl/N-ethyl adjacent to an activating group) is 1. The molecule has 2 rings (SSSR count). The smallest absolute Gasteiger partial charge is 0.356 e. The lowest BCUT2D eigenvalue weighted by Crippen LogP contribution is -2.48. The van der Waals surface area contributed by atoms with Crippen LogP contribution in [-0.4, -0.2) is 56.1 Å². The van der Waals surface area contributed by atoms with Gasteiger partial charge in [0.25, 0.3) is 0 Å². The summed E-state index contributed by atoms with van der Waals surface area (Å²) in [7, 11) is 5.92. The molecule has 1 unspecified atom stereocenters. The highest BCUT2D eigenvalue weighted by molar-refractivity contribution is 14.0. The lowest BCUT2D eigenvalue weighted by molar-refractivity contribution is -0.140. The number of hydrogen-bond donors (Lipinski definition) is 2. The van der Waals surface area contributed by atoms with Gasteiger partial charge in [0.15, 0.2) is 11.7 Å². The SMILES string of the molecule is CN=C(NCCc1nc(C(F)(F)F)cs1)NCC(C1CCCCC1)N(C)C.I. The van der Waals surface area contributed by atoms with Gasteiger partial charge in [-0.2, -0.15) is 13.2 Å². The fourth-order valence-corrected chi connectivity index (χ4v) is 4.36. The molecule has 1 aliphatic carbocycles. The van der Waals surface area contributed by atoms with E-state index in [4.69, 9.17) is 0 Å². The summed E-state index contributed by atoms with van der Waals surface area (Å²) in [6, 6.07) is 0.442. The predicted molar refractivity (Wildman–Crippen MR) is 120 cm³/mol. The first-order valence-corrected chi connectivity index (χ1v) is 10.3. The number of guanidine groups is 1. The minimum Gasteiger partial charge on any atom is -0.356 e. The molecule has 162 valence electrons. The average molecular weight is 533 g/mol. The van der Waals surface area contributed by atoms with Crippen LogP contribution in [0.15, 0.2) is 10.4 Å². The molecule has 0 radical (unpaired) electrons. The van der Waals surface area contributed by atoms with E-state index in [-0.39, 0.29) is 24.0 Å². The lowest BCUT2D eigenvalue weighted by Gasteiger charge is -2.35. The summed E-state index contributed by atoms with van der Waals surface area (Å²) in [4.78, 5) is 10.1. The summed E-state index contributed by atoms with van der Waals surface area (Å²) in [5.41, 5.74) is -0.814. The molecule has 5 nitrogen and oxygen atoms in total. The number of aromatic nitrogens is 1. The van der Waals surface area contributed by atoms with Crippen molar-refractivity contribution in [3.63, 3.8) is 0 Å². The fourth-order valence-electron chi connectivity index (χ4n) is 3.56. The molecule has 0 aliphatic heterocycles. The second-order valence-corrected chi connectivity index (χ2v) is 8.13. The molecule has 10 heteroatoms. The van der Waals surface area contributed by atoms with E-state index in [0.717, 1.165) is 23.3 Å². The van der Waals surface area contributed by atoms with Gasteiger partial charge in [0.1, 0.15) is 0 Å². The number of aliphatic imine (C=N–C) groups is 1. The van der Waals surface area contributed by atoms with Crippen molar-refractivity contribution < 1.29 is 13.2 Å². The van der Waals surface area contributed by atoms with E-state index < -0.39 is 11.9 Å². The first-order chi connectivity index (χ1) is 12.8. The Morgan fingerprint density at radius 3 is 2.50 bits per heavy atom. The Kier molecular flexibility index (Phi) is 11.0. The third kappa shape index (κ3) is 8.02. The minimum absolute atomic E-state index is 0. The van der Waals surface area contributed by atoms with E-state index >= 15 is 0 Å². The van der Waals surface area contributed by atoms with Crippen LogP contribution in [0.25, 0.3) is 0 Å². The maximum absolute atomic E-state index is 12.6. The van der Waals surface area contributed by atoms with Gasteiger partial charge >= 0.3 is 6.18 Å². The fraction of sp³-hybridized carbons (Fsp3) is 0.778. The van der Waals surface area contributed by atoms with Crippen LogP contribution < -0.4 is 10.6 Å². The van der Waals surface area contributed by atoms with Crippen molar-refractivity contribution in [3.05, 3.63) is 16.1 Å². The summed E-state index contributed by atoms with van der Waals surface area (Å²) < 4.78 is 37.8. The number of nitrogens with one attached hydrogen (secondary N) is 2. The third-order valence-electron chi connectivity index (χ3n) is 5.03. The van der Waals surface area contributed by atoms with Crippen LogP contribution in [0.4, 0.5) is 13.2 Å². The Hall–Kier alpha value is -0.620. The highest BCUT2D eigenvalue weighted by atomic mass is 127. The van der Waals surface area contributed by atoms with Crippen molar-refractivity contribution in [1.29, 1.82) is 0 Å². The Bertz CT molecular complexity index is 600. The van der Waals surface area contributed by atoms with Crippen molar-refractivity contribution in [3.8, 4) is 0 Å². The summed E-state index contributed by atoms with van der Waals surface area (Å²) in [6.07, 6.45) is 2.52. The van der Waals surface area contributed by atoms with Gasteiger partial charge in [-0.25, -0.2) is 4.98 Å². The third-order valence-corrected chi connectivity index (χ3v) is 5.94. The van der Waals surface area contributed by atoms with Crippen LogP contribution in [-0.2, 0) is 12.6 Å². The zero-order valence-electron chi connectivity index (χ0n) is 16.7. The van der Waals surface area contributed by atoms with E-state index in [1.807, 2.05) is 0 Å². The average Bonchev–Trinajstić information content (AvgIpc) is 3.10. The zero-order valence-corrected chi connectivity index (χ0v) is 19.8. The second-order valence-electron chi connectivity index (χ2n) is 7.18. The number of halogens is 4. The van der Waals surface area contributed by atoms with E-state index in [9.17, 15) is 13.2 Å². The van der Waals surface area contributed by atoms with Gasteiger partial charge in [0.2, 0.25) is 0 Å². The Balaban J connectivity index is 0.00000392. The molecule has 1 aromatic rings. The number of rotatable bonds is 7. The predicted octanol–water partition coefficient (Wildman–Crippen LogP) is 4.00. The van der Waals surface area contributed by atoms with Crippen molar-refractivity contribution in [1.82, 2.24) is 20.5 Å². The quantitative estimate of drug-likeness (QED) is 0.316. The number of thiazole rings is 1. The van der Waals surface area contributed by atoms with Crippen LogP contribution >= 0.6 is 35.3 Å². The van der Waals surface area contributed by atoms with Crippen molar-refractivity contribution in [2.24, 2.45) is 10.9 Å². The second kappa shape index (κ2) is 12.2. The van der Waals surface area contributed by atoms with E-state index in [2.05, 4.69) is 39.6 Å². The molecule has 1 atom stereocenters. The van der Waals surface area contributed by atoms with Gasteiger partial charge in [-0.3, -0.25) is 4.99 Å². The van der Waals surface area contributed by atoms with Gasteiger partial charge < -0.3 is 15.5 Å². The molecule has 0 aromatic carbocycles. The van der Waals surface area contributed by atoms with E-state index in [1.165, 1.54) is 32.1 Å². The number of hydrogen-bond acceptors (Lipinski definition) is 4. The largest absolute Gasteiger partial charge is 0.434 e. The molecule has 1 aliphatic rings. The standard InChI is InChI=1S/C18H30F3N5S.HI/c1-22-17(23-10-9-16-25-15(12-27-16)18(19,20)21)24-11-14(26(2)3)13-7-5-4-6-8-13;/h12-14H,4-11H2,1-3H3,(H2,22,23,24);1H. The maximum atomic E-state index is 12.6. The van der Waals surface area contributed by atoms with Crippen molar-refractivity contribution >= 4 is 41.3 Å². The van der Waals surface area contributed by atoms with Crippen molar-refractivity contribution in [2.45, 2.75) is 50.7 Å². The van der Waals surface area contributed by atoms with Crippen molar-refractivity contribution in [2.75, 3.05) is 34.2 Å². The maximum Gasteiger partial charge on any atom is 0.434 e. The van der Waals surface area contributed by atoms with Crippen LogP contribution in [0.1, 0.15) is 42.8 Å². The molecule has 2 N–H and O–H groups in total. The first kappa shape index (κ1) is 25.4. The monoisotopic (exact) mass is 533 g/mol. The molecule has 1 fully saturated rings. The number of alkyl halides is 3. The lowest BCUT2D eigenvalue weighted by atomic mass is 9.83. The van der Waals surface area contributed by atoms with Gasteiger partial charge in [-0.1, -0.05) is 19.3 Å². The van der Waals surface area contributed by atoms with Crippen LogP contribution in [0.2, 0.25) is 0 Å². The molecular weight excluding hydrogens is 502 g/mol. The molecule has 28 heavy (non-hydrogen) atoms. The molecule has 0 bridgehead atoms. The minimum atomic E-state index is -4.37. The Morgan fingerprint density at radius 2 is 1.96 bits per heavy atom. The molecular formula is C18H31F3IN5S. The van der Waals surface area contributed by atoms with Gasteiger partial charge in [0, 0.05) is 38.0 Å². The van der Waals surface area contributed by atoms with Gasteiger partial charge in [0.05, 0.1) is 5.01 Å². The van der Waals surface area contributed by atoms with Gasteiger partial charge in [-0.05, 0) is 32.9 Å². The van der Waals surface area contributed by atoms with E-state index in [0.29, 0.717) is 35.9 Å². The highest BCUT2D eigenvalue weighted by Gasteiger charge is 2.33. The summed E-state index contributed by atoms with van der Waals surface area (Å²) in [5, 5.41) is 8.07. The molecule has 1 aromatic heterocycles.